The molecule has 2 N–H and O–H groups in total. The fraction of sp³-hybridized carbons (Fsp3) is 0.233. The maximum absolute atomic E-state index is 12.9. The van der Waals surface area contributed by atoms with Gasteiger partial charge in [-0.3, -0.25) is 19.0 Å². The first kappa shape index (κ1) is 31.3. The Kier molecular flexibility index (Phi) is 9.89. The lowest BCUT2D eigenvalue weighted by Crippen LogP contribution is -2.37. The minimum absolute atomic E-state index is 0.0210. The number of benzene rings is 2. The number of hydrogen-bond donors (Lipinski definition) is 2. The predicted octanol–water partition coefficient (Wildman–Crippen LogP) is 4.92. The normalized spacial score (nSPS) is 11.0. The number of aromatic nitrogens is 3. The Hall–Kier alpha value is -4.61. The minimum atomic E-state index is -0.470. The van der Waals surface area contributed by atoms with Gasteiger partial charge in [0.1, 0.15) is 23.7 Å². The molecule has 0 radical (unpaired) electrons. The molecule has 2 aromatic heterocycles. The van der Waals surface area contributed by atoms with Crippen molar-refractivity contribution in [2.75, 3.05) is 30.9 Å². The van der Waals surface area contributed by atoms with Gasteiger partial charge in [0, 0.05) is 43.9 Å². The van der Waals surface area contributed by atoms with Crippen molar-refractivity contribution in [1.29, 1.82) is 0 Å². The highest BCUT2D eigenvalue weighted by molar-refractivity contribution is 6.38. The van der Waals surface area contributed by atoms with Crippen LogP contribution in [0.1, 0.15) is 23.6 Å². The second kappa shape index (κ2) is 13.6. The number of methoxy groups -OCH3 is 1. The van der Waals surface area contributed by atoms with E-state index in [-0.39, 0.29) is 24.1 Å². The Bertz CT molecular complexity index is 1740. The number of rotatable bonds is 10. The van der Waals surface area contributed by atoms with Crippen LogP contribution in [0.3, 0.4) is 0 Å². The van der Waals surface area contributed by atoms with Crippen LogP contribution in [-0.2, 0) is 28.0 Å². The molecule has 0 saturated heterocycles. The molecular weight excluding hydrogens is 595 g/mol. The molecule has 3 amide bonds. The van der Waals surface area contributed by atoms with Gasteiger partial charge in [0.25, 0.3) is 6.01 Å². The van der Waals surface area contributed by atoms with Crippen LogP contribution in [0.2, 0.25) is 10.0 Å². The molecule has 0 fully saturated rings. The smallest absolute Gasteiger partial charge is 0.296 e. The first-order valence-electron chi connectivity index (χ1n) is 13.1. The lowest BCUT2D eigenvalue weighted by Gasteiger charge is -2.21. The number of para-hydroxylation sites is 1. The molecule has 0 atom stereocenters. The molecule has 0 aliphatic heterocycles. The number of nitrogens with one attached hydrogen (secondary N) is 2. The zero-order valence-corrected chi connectivity index (χ0v) is 25.7. The Morgan fingerprint density at radius 2 is 1.93 bits per heavy atom. The Balaban J connectivity index is 1.40. The number of pyridine rings is 1. The maximum Gasteiger partial charge on any atom is 0.296 e. The third kappa shape index (κ3) is 7.25. The molecule has 0 bridgehead atoms. The summed E-state index contributed by atoms with van der Waals surface area (Å²) in [6.07, 6.45) is 4.38. The molecule has 0 saturated carbocycles. The second-order valence-electron chi connectivity index (χ2n) is 9.55. The number of nitrogens with zero attached hydrogens (tertiary/aromatic N) is 4. The van der Waals surface area contributed by atoms with Gasteiger partial charge >= 0.3 is 0 Å². The molecule has 2 aromatic carbocycles. The van der Waals surface area contributed by atoms with Crippen LogP contribution in [0.15, 0.2) is 48.7 Å². The van der Waals surface area contributed by atoms with Gasteiger partial charge in [-0.25, -0.2) is 4.98 Å². The fourth-order valence-corrected chi connectivity index (χ4v) is 4.83. The molecule has 11 nitrogen and oxygen atoms in total. The van der Waals surface area contributed by atoms with Gasteiger partial charge in [0.2, 0.25) is 17.7 Å². The quantitative estimate of drug-likeness (QED) is 0.240. The minimum Gasteiger partial charge on any atom is -0.486 e. The van der Waals surface area contributed by atoms with Crippen LogP contribution in [0.4, 0.5) is 11.5 Å². The number of carbonyl (C=O) groups is 3. The molecule has 0 aliphatic rings. The summed E-state index contributed by atoms with van der Waals surface area (Å²) in [6.45, 7) is 2.94. The topological polar surface area (TPSA) is 128 Å². The van der Waals surface area contributed by atoms with Crippen molar-refractivity contribution in [1.82, 2.24) is 19.9 Å². The molecular formula is C30H30Cl2N6O5. The van der Waals surface area contributed by atoms with Gasteiger partial charge in [-0.1, -0.05) is 29.3 Å². The van der Waals surface area contributed by atoms with E-state index in [9.17, 15) is 14.4 Å². The van der Waals surface area contributed by atoms with E-state index in [4.69, 9.17) is 32.7 Å². The Morgan fingerprint density at radius 1 is 1.16 bits per heavy atom. The first-order valence-corrected chi connectivity index (χ1v) is 13.8. The van der Waals surface area contributed by atoms with Crippen molar-refractivity contribution in [2.24, 2.45) is 7.05 Å². The standard InChI is InChI=1S/C30H30Cl2N6O5/c1-17-13-19(14-34-29(17)35-18(2)39)9-12-25(40)33-15-26(41)37(3)22-11-10-21(31)20(27(22)32)16-43-24-8-6-7-23-28(24)36-30(42-5)38(23)4/h6-14H,15-16H2,1-5H3,(H,33,40)(H,34,35,39)/b12-9+. The average molecular weight is 626 g/mol. The van der Waals surface area contributed by atoms with Crippen LogP contribution >= 0.6 is 23.2 Å². The highest BCUT2D eigenvalue weighted by Crippen LogP contribution is 2.35. The summed E-state index contributed by atoms with van der Waals surface area (Å²) in [5, 5.41) is 5.81. The van der Waals surface area contributed by atoms with Crippen molar-refractivity contribution in [3.63, 3.8) is 0 Å². The van der Waals surface area contributed by atoms with Gasteiger partial charge in [-0.2, -0.15) is 4.98 Å². The molecule has 43 heavy (non-hydrogen) atoms. The number of imidazole rings is 1. The zero-order valence-electron chi connectivity index (χ0n) is 24.2. The van der Waals surface area contributed by atoms with Gasteiger partial charge in [0.05, 0.1) is 29.9 Å². The molecule has 4 rings (SSSR count). The molecule has 0 spiro atoms. The van der Waals surface area contributed by atoms with Gasteiger partial charge < -0.3 is 25.0 Å². The molecule has 224 valence electrons. The molecule has 0 unspecified atom stereocenters. The summed E-state index contributed by atoms with van der Waals surface area (Å²) in [6, 6.07) is 11.0. The number of amides is 3. The van der Waals surface area contributed by atoms with E-state index in [0.29, 0.717) is 44.9 Å². The third-order valence-corrected chi connectivity index (χ3v) is 7.30. The van der Waals surface area contributed by atoms with E-state index in [1.54, 1.807) is 51.4 Å². The number of anilines is 2. The zero-order chi connectivity index (χ0) is 31.3. The van der Waals surface area contributed by atoms with Crippen LogP contribution in [0.5, 0.6) is 11.8 Å². The van der Waals surface area contributed by atoms with E-state index in [2.05, 4.69) is 20.6 Å². The van der Waals surface area contributed by atoms with E-state index in [1.165, 1.54) is 24.1 Å². The number of halogens is 2. The van der Waals surface area contributed by atoms with Crippen molar-refractivity contribution in [3.8, 4) is 11.8 Å². The average Bonchev–Trinajstić information content (AvgIpc) is 3.31. The monoisotopic (exact) mass is 624 g/mol. The van der Waals surface area contributed by atoms with Crippen LogP contribution in [0, 0.1) is 6.92 Å². The summed E-state index contributed by atoms with van der Waals surface area (Å²) in [4.78, 5) is 46.6. The van der Waals surface area contributed by atoms with Crippen molar-refractivity contribution in [3.05, 3.63) is 75.4 Å². The van der Waals surface area contributed by atoms with Crippen LogP contribution < -0.4 is 25.0 Å². The number of carbonyl (C=O) groups excluding carboxylic acids is 3. The van der Waals surface area contributed by atoms with Crippen molar-refractivity contribution >= 4 is 69.5 Å². The largest absolute Gasteiger partial charge is 0.486 e. The van der Waals surface area contributed by atoms with Crippen LogP contribution in [-0.4, -0.2) is 53.0 Å². The number of aryl methyl sites for hydroxylation is 2. The number of likely N-dealkylation sites (N-methyl/N-ethyl adjacent to an activating group) is 1. The summed E-state index contributed by atoms with van der Waals surface area (Å²) in [7, 11) is 4.94. The molecule has 0 aliphatic carbocycles. The number of hydrogen-bond acceptors (Lipinski definition) is 7. The third-order valence-electron chi connectivity index (χ3n) is 6.52. The van der Waals surface area contributed by atoms with E-state index < -0.39 is 11.8 Å². The molecule has 2 heterocycles. The Morgan fingerprint density at radius 3 is 2.63 bits per heavy atom. The predicted molar refractivity (Wildman–Crippen MR) is 167 cm³/mol. The molecule has 13 heteroatoms. The lowest BCUT2D eigenvalue weighted by molar-refractivity contribution is -0.122. The fourth-order valence-electron chi connectivity index (χ4n) is 4.22. The highest BCUT2D eigenvalue weighted by Gasteiger charge is 2.20. The second-order valence-corrected chi connectivity index (χ2v) is 10.3. The summed E-state index contributed by atoms with van der Waals surface area (Å²) < 4.78 is 13.2. The van der Waals surface area contributed by atoms with Crippen LogP contribution in [0.25, 0.3) is 17.1 Å². The summed E-state index contributed by atoms with van der Waals surface area (Å²) >= 11 is 13.2. The van der Waals surface area contributed by atoms with E-state index in [0.717, 1.165) is 11.1 Å². The number of fused-ring (bicyclic) bond motifs is 1. The van der Waals surface area contributed by atoms with Gasteiger partial charge in [0.15, 0.2) is 0 Å². The van der Waals surface area contributed by atoms with Crippen molar-refractivity contribution in [2.45, 2.75) is 20.5 Å². The SMILES string of the molecule is COc1nc2c(OCc3c(Cl)ccc(N(C)C(=O)CNC(=O)/C=C/c4cnc(NC(C)=O)c(C)c4)c3Cl)cccc2n1C. The highest BCUT2D eigenvalue weighted by atomic mass is 35.5. The molecule has 4 aromatic rings. The van der Waals surface area contributed by atoms with E-state index in [1.807, 2.05) is 23.7 Å². The summed E-state index contributed by atoms with van der Waals surface area (Å²) in [5.74, 6) is -0.132. The maximum atomic E-state index is 12.9. The Labute approximate surface area is 258 Å². The van der Waals surface area contributed by atoms with Crippen molar-refractivity contribution < 1.29 is 23.9 Å². The van der Waals surface area contributed by atoms with Gasteiger partial charge in [-0.15, -0.1) is 0 Å². The summed E-state index contributed by atoms with van der Waals surface area (Å²) in [5.41, 5.74) is 3.74. The lowest BCUT2D eigenvalue weighted by atomic mass is 10.2. The van der Waals surface area contributed by atoms with E-state index >= 15 is 0 Å². The van der Waals surface area contributed by atoms with Gasteiger partial charge in [-0.05, 0) is 54.5 Å². The first-order chi connectivity index (χ1) is 20.5. The number of ether oxygens (including phenoxy) is 2.